The van der Waals surface area contributed by atoms with Crippen molar-refractivity contribution in [2.24, 2.45) is 0 Å². The Bertz CT molecular complexity index is 693. The van der Waals surface area contributed by atoms with Crippen molar-refractivity contribution in [3.63, 3.8) is 0 Å². The number of hydrogen-bond acceptors (Lipinski definition) is 4. The molecule has 0 saturated heterocycles. The first-order valence-corrected chi connectivity index (χ1v) is 8.68. The van der Waals surface area contributed by atoms with Crippen molar-refractivity contribution in [2.75, 3.05) is 5.32 Å². The first-order chi connectivity index (χ1) is 11.7. The largest absolute Gasteiger partial charge is 0.348 e. The standard InChI is InChI=1S/C19H24N4O/c1-14-7-6-10-16(13-14)22-19-20-12-11-17(23-19)18(24)21-15-8-4-2-3-5-9-15/h6-7,10-13,15H,2-5,8-9H2,1H3,(H,21,24)(H,20,22,23). The van der Waals surface area contributed by atoms with Crippen molar-refractivity contribution in [1.29, 1.82) is 0 Å². The molecule has 24 heavy (non-hydrogen) atoms. The predicted molar refractivity (Wildman–Crippen MR) is 95.4 cm³/mol. The van der Waals surface area contributed by atoms with E-state index >= 15 is 0 Å². The Morgan fingerprint density at radius 2 is 1.92 bits per heavy atom. The molecule has 5 nitrogen and oxygen atoms in total. The summed E-state index contributed by atoms with van der Waals surface area (Å²) in [6, 6.07) is 9.90. The van der Waals surface area contributed by atoms with Crippen molar-refractivity contribution >= 4 is 17.5 Å². The van der Waals surface area contributed by atoms with Gasteiger partial charge in [0.25, 0.3) is 5.91 Å². The van der Waals surface area contributed by atoms with Gasteiger partial charge >= 0.3 is 0 Å². The minimum absolute atomic E-state index is 0.114. The molecule has 0 bridgehead atoms. The summed E-state index contributed by atoms with van der Waals surface area (Å²) in [5.41, 5.74) is 2.47. The molecule has 1 aliphatic rings. The van der Waals surface area contributed by atoms with E-state index in [1.165, 1.54) is 25.7 Å². The zero-order valence-corrected chi connectivity index (χ0v) is 14.1. The topological polar surface area (TPSA) is 66.9 Å². The molecule has 1 amide bonds. The highest BCUT2D eigenvalue weighted by Gasteiger charge is 2.17. The van der Waals surface area contributed by atoms with Gasteiger partial charge in [0.15, 0.2) is 0 Å². The summed E-state index contributed by atoms with van der Waals surface area (Å²) in [5, 5.41) is 6.27. The fourth-order valence-electron chi connectivity index (χ4n) is 3.08. The molecule has 0 atom stereocenters. The lowest BCUT2D eigenvalue weighted by Crippen LogP contribution is -2.35. The first kappa shape index (κ1) is 16.4. The van der Waals surface area contributed by atoms with Crippen LogP contribution in [0.4, 0.5) is 11.6 Å². The van der Waals surface area contributed by atoms with E-state index in [0.29, 0.717) is 11.6 Å². The molecule has 2 aromatic rings. The Labute approximate surface area is 142 Å². The van der Waals surface area contributed by atoms with Crippen LogP contribution < -0.4 is 10.6 Å². The van der Waals surface area contributed by atoms with Gasteiger partial charge in [-0.2, -0.15) is 0 Å². The average Bonchev–Trinajstić information content (AvgIpc) is 2.84. The number of carbonyl (C=O) groups excluding carboxylic acids is 1. The van der Waals surface area contributed by atoms with E-state index in [1.54, 1.807) is 12.3 Å². The molecule has 0 spiro atoms. The van der Waals surface area contributed by atoms with Crippen LogP contribution in [0.2, 0.25) is 0 Å². The number of hydrogen-bond donors (Lipinski definition) is 2. The van der Waals surface area contributed by atoms with Crippen LogP contribution >= 0.6 is 0 Å². The smallest absolute Gasteiger partial charge is 0.270 e. The van der Waals surface area contributed by atoms with E-state index in [1.807, 2.05) is 31.2 Å². The number of amides is 1. The Balaban J connectivity index is 1.66. The summed E-state index contributed by atoms with van der Waals surface area (Å²) in [7, 11) is 0. The lowest BCUT2D eigenvalue weighted by molar-refractivity contribution is 0.0928. The lowest BCUT2D eigenvalue weighted by Gasteiger charge is -2.16. The van der Waals surface area contributed by atoms with Gasteiger partial charge < -0.3 is 10.6 Å². The van der Waals surface area contributed by atoms with Crippen molar-refractivity contribution in [3.8, 4) is 0 Å². The van der Waals surface area contributed by atoms with Crippen LogP contribution in [0, 0.1) is 6.92 Å². The zero-order valence-electron chi connectivity index (χ0n) is 14.1. The minimum Gasteiger partial charge on any atom is -0.348 e. The van der Waals surface area contributed by atoms with Gasteiger partial charge in [0, 0.05) is 17.9 Å². The summed E-state index contributed by atoms with van der Waals surface area (Å²) in [4.78, 5) is 21.0. The predicted octanol–water partition coefficient (Wildman–Crippen LogP) is 3.98. The van der Waals surface area contributed by atoms with Crippen LogP contribution in [0.25, 0.3) is 0 Å². The van der Waals surface area contributed by atoms with Gasteiger partial charge in [0.05, 0.1) is 0 Å². The maximum absolute atomic E-state index is 12.5. The molecule has 0 radical (unpaired) electrons. The van der Waals surface area contributed by atoms with E-state index in [9.17, 15) is 4.79 Å². The number of carbonyl (C=O) groups is 1. The molecule has 1 fully saturated rings. The molecule has 1 saturated carbocycles. The summed E-state index contributed by atoms with van der Waals surface area (Å²) in [6.45, 7) is 2.03. The Hall–Kier alpha value is -2.43. The summed E-state index contributed by atoms with van der Waals surface area (Å²) >= 11 is 0. The molecule has 0 unspecified atom stereocenters. The molecule has 3 rings (SSSR count). The number of aromatic nitrogens is 2. The van der Waals surface area contributed by atoms with E-state index in [2.05, 4.69) is 20.6 Å². The highest BCUT2D eigenvalue weighted by Crippen LogP contribution is 2.18. The van der Waals surface area contributed by atoms with Crippen LogP contribution in [0.1, 0.15) is 54.6 Å². The van der Waals surface area contributed by atoms with Gasteiger partial charge in [-0.3, -0.25) is 4.79 Å². The third-order valence-corrected chi connectivity index (χ3v) is 4.35. The summed E-state index contributed by atoms with van der Waals surface area (Å²) in [5.74, 6) is 0.325. The van der Waals surface area contributed by atoms with E-state index in [4.69, 9.17) is 0 Å². The number of anilines is 2. The second-order valence-corrected chi connectivity index (χ2v) is 6.42. The van der Waals surface area contributed by atoms with Crippen molar-refractivity contribution < 1.29 is 4.79 Å². The van der Waals surface area contributed by atoms with Gasteiger partial charge in [0.1, 0.15) is 5.69 Å². The zero-order chi connectivity index (χ0) is 16.8. The number of benzene rings is 1. The number of nitrogens with one attached hydrogen (secondary N) is 2. The second kappa shape index (κ2) is 7.90. The Kier molecular flexibility index (Phi) is 5.41. The fraction of sp³-hybridized carbons (Fsp3) is 0.421. The van der Waals surface area contributed by atoms with E-state index in [0.717, 1.165) is 24.1 Å². The minimum atomic E-state index is -0.114. The number of rotatable bonds is 4. The van der Waals surface area contributed by atoms with Gasteiger partial charge in [-0.25, -0.2) is 9.97 Å². The van der Waals surface area contributed by atoms with Crippen LogP contribution in [0.15, 0.2) is 36.5 Å². The number of aryl methyl sites for hydroxylation is 1. The second-order valence-electron chi connectivity index (χ2n) is 6.42. The van der Waals surface area contributed by atoms with Crippen molar-refractivity contribution in [2.45, 2.75) is 51.5 Å². The Morgan fingerprint density at radius 3 is 2.67 bits per heavy atom. The highest BCUT2D eigenvalue weighted by molar-refractivity contribution is 5.92. The van der Waals surface area contributed by atoms with Crippen LogP contribution in [-0.2, 0) is 0 Å². The molecule has 1 aromatic carbocycles. The quantitative estimate of drug-likeness (QED) is 0.835. The molecule has 1 heterocycles. The van der Waals surface area contributed by atoms with Crippen molar-refractivity contribution in [1.82, 2.24) is 15.3 Å². The molecular formula is C19H24N4O. The van der Waals surface area contributed by atoms with Crippen LogP contribution in [0.5, 0.6) is 0 Å². The number of nitrogens with zero attached hydrogens (tertiary/aromatic N) is 2. The molecule has 1 aromatic heterocycles. The molecule has 126 valence electrons. The molecule has 0 aliphatic heterocycles. The monoisotopic (exact) mass is 324 g/mol. The SMILES string of the molecule is Cc1cccc(Nc2nccc(C(=O)NC3CCCCCC3)n2)c1. The fourth-order valence-corrected chi connectivity index (χ4v) is 3.08. The average molecular weight is 324 g/mol. The van der Waals surface area contributed by atoms with E-state index in [-0.39, 0.29) is 11.9 Å². The third-order valence-electron chi connectivity index (χ3n) is 4.35. The molecule has 2 N–H and O–H groups in total. The van der Waals surface area contributed by atoms with Crippen LogP contribution in [0.3, 0.4) is 0 Å². The van der Waals surface area contributed by atoms with Gasteiger partial charge in [-0.1, -0.05) is 37.8 Å². The third kappa shape index (κ3) is 4.54. The molecule has 1 aliphatic carbocycles. The molecule has 5 heteroatoms. The van der Waals surface area contributed by atoms with Crippen LogP contribution in [-0.4, -0.2) is 21.9 Å². The van der Waals surface area contributed by atoms with Crippen molar-refractivity contribution in [3.05, 3.63) is 47.8 Å². The van der Waals surface area contributed by atoms with E-state index < -0.39 is 0 Å². The lowest BCUT2D eigenvalue weighted by atomic mass is 10.1. The Morgan fingerprint density at radius 1 is 1.12 bits per heavy atom. The van der Waals surface area contributed by atoms with Gasteiger partial charge in [-0.05, 0) is 43.5 Å². The maximum Gasteiger partial charge on any atom is 0.270 e. The van der Waals surface area contributed by atoms with Gasteiger partial charge in [-0.15, -0.1) is 0 Å². The summed E-state index contributed by atoms with van der Waals surface area (Å²) < 4.78 is 0. The first-order valence-electron chi connectivity index (χ1n) is 8.68. The normalized spacial score (nSPS) is 15.5. The maximum atomic E-state index is 12.5. The summed E-state index contributed by atoms with van der Waals surface area (Å²) in [6.07, 6.45) is 8.65. The van der Waals surface area contributed by atoms with Gasteiger partial charge in [0.2, 0.25) is 5.95 Å². The highest BCUT2D eigenvalue weighted by atomic mass is 16.1. The molecular weight excluding hydrogens is 300 g/mol.